The van der Waals surface area contributed by atoms with E-state index in [1.54, 1.807) is 0 Å². The lowest BCUT2D eigenvalue weighted by atomic mass is 9.97. The van der Waals surface area contributed by atoms with E-state index in [0.29, 0.717) is 19.4 Å². The minimum Gasteiger partial charge on any atom is -0.468 e. The van der Waals surface area contributed by atoms with E-state index in [9.17, 15) is 9.90 Å². The molecule has 0 spiro atoms. The molecule has 0 saturated carbocycles. The van der Waals surface area contributed by atoms with Crippen LogP contribution in [0.1, 0.15) is 52.9 Å². The van der Waals surface area contributed by atoms with Crippen molar-refractivity contribution < 1.29 is 14.6 Å². The zero-order valence-electron chi connectivity index (χ0n) is 11.6. The highest BCUT2D eigenvalue weighted by Gasteiger charge is 2.26. The van der Waals surface area contributed by atoms with Gasteiger partial charge in [-0.3, -0.25) is 4.79 Å². The highest BCUT2D eigenvalue weighted by molar-refractivity contribution is 5.75. The molecule has 0 aromatic carbocycles. The molecule has 1 atom stereocenters. The molecular weight excluding hydrogens is 218 g/mol. The Balaban J connectivity index is 4.28. The van der Waals surface area contributed by atoms with Gasteiger partial charge in [-0.15, -0.1) is 0 Å². The second kappa shape index (κ2) is 8.48. The van der Waals surface area contributed by atoms with Crippen LogP contribution in [0, 0.1) is 0 Å². The number of nitrogens with one attached hydrogen (secondary N) is 1. The molecule has 4 nitrogen and oxygen atoms in total. The first-order chi connectivity index (χ1) is 8.02. The van der Waals surface area contributed by atoms with Crippen LogP contribution in [0.25, 0.3) is 0 Å². The van der Waals surface area contributed by atoms with Crippen LogP contribution in [0.2, 0.25) is 0 Å². The maximum Gasteiger partial charge on any atom is 0.322 e. The number of rotatable bonds is 9. The van der Waals surface area contributed by atoms with Crippen LogP contribution in [0.5, 0.6) is 0 Å². The Kier molecular flexibility index (Phi) is 8.17. The smallest absolute Gasteiger partial charge is 0.322 e. The van der Waals surface area contributed by atoms with E-state index in [4.69, 9.17) is 4.74 Å². The highest BCUT2D eigenvalue weighted by atomic mass is 16.5. The Morgan fingerprint density at radius 2 is 1.94 bits per heavy atom. The molecule has 0 aromatic rings. The van der Waals surface area contributed by atoms with Crippen molar-refractivity contribution in [1.82, 2.24) is 5.32 Å². The van der Waals surface area contributed by atoms with Gasteiger partial charge in [0.1, 0.15) is 6.04 Å². The minimum atomic E-state index is -0.724. The summed E-state index contributed by atoms with van der Waals surface area (Å²) >= 11 is 0. The molecule has 0 amide bonds. The summed E-state index contributed by atoms with van der Waals surface area (Å²) in [5.74, 6) is -0.243. The summed E-state index contributed by atoms with van der Waals surface area (Å²) in [6.45, 7) is 6.42. The maximum atomic E-state index is 11.5. The summed E-state index contributed by atoms with van der Waals surface area (Å²) in [6, 6.07) is -0.301. The fourth-order valence-electron chi connectivity index (χ4n) is 1.67. The topological polar surface area (TPSA) is 58.6 Å². The van der Waals surface area contributed by atoms with Crippen LogP contribution in [0.3, 0.4) is 0 Å². The monoisotopic (exact) mass is 245 g/mol. The summed E-state index contributed by atoms with van der Waals surface area (Å²) in [7, 11) is 1.40. The van der Waals surface area contributed by atoms with Crippen molar-refractivity contribution in [3.8, 4) is 0 Å². The average Bonchev–Trinajstić information content (AvgIpc) is 2.37. The number of esters is 1. The predicted octanol–water partition coefficient (Wildman–Crippen LogP) is 1.86. The lowest BCUT2D eigenvalue weighted by Gasteiger charge is -2.28. The Morgan fingerprint density at radius 3 is 2.35 bits per heavy atom. The average molecular weight is 245 g/mol. The number of ether oxygens (including phenoxy) is 1. The molecule has 17 heavy (non-hydrogen) atoms. The molecule has 1 unspecified atom stereocenters. The first kappa shape index (κ1) is 16.4. The molecular formula is C13H27NO3. The normalized spacial score (nSPS) is 13.5. The van der Waals surface area contributed by atoms with Gasteiger partial charge in [0, 0.05) is 6.54 Å². The van der Waals surface area contributed by atoms with E-state index in [2.05, 4.69) is 12.2 Å². The van der Waals surface area contributed by atoms with E-state index >= 15 is 0 Å². The number of methoxy groups -OCH3 is 1. The van der Waals surface area contributed by atoms with Crippen molar-refractivity contribution in [2.45, 2.75) is 64.5 Å². The second-order valence-corrected chi connectivity index (χ2v) is 4.53. The molecule has 0 saturated heterocycles. The van der Waals surface area contributed by atoms with Gasteiger partial charge in [0.2, 0.25) is 0 Å². The molecule has 0 rings (SSSR count). The summed E-state index contributed by atoms with van der Waals surface area (Å²) in [5.41, 5.74) is -0.724. The van der Waals surface area contributed by atoms with Gasteiger partial charge < -0.3 is 15.2 Å². The number of aliphatic hydroxyl groups is 1. The van der Waals surface area contributed by atoms with Gasteiger partial charge in [-0.25, -0.2) is 0 Å². The number of unbranched alkanes of at least 4 members (excludes halogenated alkanes) is 1. The van der Waals surface area contributed by atoms with E-state index in [0.717, 1.165) is 19.3 Å². The molecule has 0 aliphatic rings. The van der Waals surface area contributed by atoms with E-state index in [-0.39, 0.29) is 12.0 Å². The third kappa shape index (κ3) is 6.03. The van der Waals surface area contributed by atoms with Gasteiger partial charge in [-0.2, -0.15) is 0 Å². The van der Waals surface area contributed by atoms with Gasteiger partial charge in [0.15, 0.2) is 0 Å². The molecule has 0 heterocycles. The summed E-state index contributed by atoms with van der Waals surface area (Å²) in [4.78, 5) is 11.5. The summed E-state index contributed by atoms with van der Waals surface area (Å²) in [5, 5.41) is 13.3. The predicted molar refractivity (Wildman–Crippen MR) is 68.9 cm³/mol. The van der Waals surface area contributed by atoms with Crippen molar-refractivity contribution in [2.75, 3.05) is 13.7 Å². The van der Waals surface area contributed by atoms with Crippen LogP contribution in [0.4, 0.5) is 0 Å². The van der Waals surface area contributed by atoms with Crippen LogP contribution in [0.15, 0.2) is 0 Å². The van der Waals surface area contributed by atoms with Crippen LogP contribution in [-0.4, -0.2) is 36.4 Å². The van der Waals surface area contributed by atoms with Gasteiger partial charge in [-0.05, 0) is 19.3 Å². The number of carbonyl (C=O) groups is 1. The van der Waals surface area contributed by atoms with Crippen molar-refractivity contribution in [1.29, 1.82) is 0 Å². The quantitative estimate of drug-likeness (QED) is 0.609. The largest absolute Gasteiger partial charge is 0.468 e. The summed E-state index contributed by atoms with van der Waals surface area (Å²) in [6.07, 6.45) is 4.13. The SMILES string of the molecule is CCCCC(NCC(O)(CC)CC)C(=O)OC. The molecule has 4 heteroatoms. The molecule has 2 N–H and O–H groups in total. The Labute approximate surface area is 105 Å². The first-order valence-electron chi connectivity index (χ1n) is 6.56. The lowest BCUT2D eigenvalue weighted by Crippen LogP contribution is -2.47. The van der Waals surface area contributed by atoms with Crippen LogP contribution in [-0.2, 0) is 9.53 Å². The maximum absolute atomic E-state index is 11.5. The van der Waals surface area contributed by atoms with Crippen LogP contribution < -0.4 is 5.32 Å². The van der Waals surface area contributed by atoms with Crippen molar-refractivity contribution in [3.63, 3.8) is 0 Å². The number of hydrogen-bond acceptors (Lipinski definition) is 4. The van der Waals surface area contributed by atoms with Gasteiger partial charge in [0.05, 0.1) is 12.7 Å². The first-order valence-corrected chi connectivity index (χ1v) is 6.56. The fourth-order valence-corrected chi connectivity index (χ4v) is 1.67. The minimum absolute atomic E-state index is 0.243. The van der Waals surface area contributed by atoms with Crippen molar-refractivity contribution >= 4 is 5.97 Å². The molecule has 0 bridgehead atoms. The Hall–Kier alpha value is -0.610. The Morgan fingerprint density at radius 1 is 1.35 bits per heavy atom. The molecule has 102 valence electrons. The summed E-state index contributed by atoms with van der Waals surface area (Å²) < 4.78 is 4.76. The van der Waals surface area contributed by atoms with E-state index in [1.807, 2.05) is 13.8 Å². The van der Waals surface area contributed by atoms with E-state index < -0.39 is 5.60 Å². The van der Waals surface area contributed by atoms with E-state index in [1.165, 1.54) is 7.11 Å². The van der Waals surface area contributed by atoms with Gasteiger partial charge >= 0.3 is 5.97 Å². The van der Waals surface area contributed by atoms with Crippen molar-refractivity contribution in [3.05, 3.63) is 0 Å². The molecule has 0 radical (unpaired) electrons. The Bertz CT molecular complexity index is 215. The molecule has 0 fully saturated rings. The van der Waals surface area contributed by atoms with Gasteiger partial charge in [-0.1, -0.05) is 33.6 Å². The lowest BCUT2D eigenvalue weighted by molar-refractivity contribution is -0.143. The van der Waals surface area contributed by atoms with Crippen LogP contribution >= 0.6 is 0 Å². The standard InChI is InChI=1S/C13H27NO3/c1-5-8-9-11(12(15)17-4)14-10-13(16,6-2)7-3/h11,14,16H,5-10H2,1-4H3. The third-order valence-electron chi connectivity index (χ3n) is 3.33. The zero-order valence-corrected chi connectivity index (χ0v) is 11.6. The molecule has 0 aromatic heterocycles. The third-order valence-corrected chi connectivity index (χ3v) is 3.33. The highest BCUT2D eigenvalue weighted by Crippen LogP contribution is 2.14. The second-order valence-electron chi connectivity index (χ2n) is 4.53. The number of hydrogen-bond donors (Lipinski definition) is 2. The molecule has 0 aliphatic carbocycles. The number of carbonyl (C=O) groups excluding carboxylic acids is 1. The zero-order chi connectivity index (χ0) is 13.3. The van der Waals surface area contributed by atoms with Crippen molar-refractivity contribution in [2.24, 2.45) is 0 Å². The van der Waals surface area contributed by atoms with Gasteiger partial charge in [0.25, 0.3) is 0 Å². The molecule has 0 aliphatic heterocycles. The fraction of sp³-hybridized carbons (Fsp3) is 0.923.